The molecule has 0 amide bonds. The maximum atomic E-state index is 13.2. The first-order valence-corrected chi connectivity index (χ1v) is 6.79. The first-order valence-electron chi connectivity index (χ1n) is 5.91. The largest absolute Gasteiger partial charge is 0.398 e. The van der Waals surface area contributed by atoms with Crippen molar-refractivity contribution >= 4 is 17.0 Å². The smallest absolute Gasteiger partial charge is 0.159 e. The van der Waals surface area contributed by atoms with Crippen molar-refractivity contribution in [2.75, 3.05) is 5.73 Å². The van der Waals surface area contributed by atoms with E-state index in [0.717, 1.165) is 23.4 Å². The van der Waals surface area contributed by atoms with Crippen molar-refractivity contribution in [3.05, 3.63) is 59.5 Å². The van der Waals surface area contributed by atoms with Crippen molar-refractivity contribution in [1.29, 1.82) is 0 Å². The van der Waals surface area contributed by atoms with Crippen LogP contribution in [0.4, 0.5) is 14.5 Å². The summed E-state index contributed by atoms with van der Waals surface area (Å²) in [5.74, 6) is -1.74. The number of halogens is 2. The Labute approximate surface area is 118 Å². The quantitative estimate of drug-likeness (QED) is 0.712. The molecule has 0 atom stereocenters. The molecule has 20 heavy (non-hydrogen) atoms. The third kappa shape index (κ3) is 2.28. The van der Waals surface area contributed by atoms with E-state index in [9.17, 15) is 8.78 Å². The molecule has 0 bridgehead atoms. The van der Waals surface area contributed by atoms with E-state index in [0.29, 0.717) is 16.3 Å². The van der Waals surface area contributed by atoms with Crippen LogP contribution < -0.4 is 5.73 Å². The Kier molecular flexibility index (Phi) is 3.20. The number of nitrogens with zero attached hydrogens (tertiary/aromatic N) is 1. The lowest BCUT2D eigenvalue weighted by Crippen LogP contribution is -1.89. The summed E-state index contributed by atoms with van der Waals surface area (Å²) in [6.07, 6.45) is 0. The van der Waals surface area contributed by atoms with Gasteiger partial charge in [-0.3, -0.25) is 0 Å². The summed E-state index contributed by atoms with van der Waals surface area (Å²) in [6, 6.07) is 11.2. The average Bonchev–Trinajstić information content (AvgIpc) is 2.92. The van der Waals surface area contributed by atoms with Gasteiger partial charge in [0.1, 0.15) is 5.01 Å². The van der Waals surface area contributed by atoms with Gasteiger partial charge in [0.05, 0.1) is 5.69 Å². The molecule has 2 nitrogen and oxygen atoms in total. The Morgan fingerprint density at radius 3 is 2.55 bits per heavy atom. The average molecular weight is 288 g/mol. The van der Waals surface area contributed by atoms with Gasteiger partial charge >= 0.3 is 0 Å². The van der Waals surface area contributed by atoms with Gasteiger partial charge in [0.25, 0.3) is 0 Å². The first-order chi connectivity index (χ1) is 9.65. The molecule has 0 aliphatic rings. The topological polar surface area (TPSA) is 38.9 Å². The molecule has 0 spiro atoms. The Morgan fingerprint density at radius 2 is 1.80 bits per heavy atom. The van der Waals surface area contributed by atoms with Crippen molar-refractivity contribution in [3.63, 3.8) is 0 Å². The summed E-state index contributed by atoms with van der Waals surface area (Å²) in [7, 11) is 0. The van der Waals surface area contributed by atoms with Crippen LogP contribution in [-0.2, 0) is 0 Å². The molecular formula is C15H10F2N2S. The number of nitrogens with two attached hydrogens (primary N) is 1. The molecule has 2 N–H and O–H groups in total. The highest BCUT2D eigenvalue weighted by atomic mass is 32.1. The van der Waals surface area contributed by atoms with Crippen molar-refractivity contribution in [1.82, 2.24) is 4.98 Å². The predicted molar refractivity (Wildman–Crippen MR) is 77.3 cm³/mol. The number of hydrogen-bond donors (Lipinski definition) is 1. The maximum absolute atomic E-state index is 13.2. The van der Waals surface area contributed by atoms with E-state index in [2.05, 4.69) is 4.98 Å². The summed E-state index contributed by atoms with van der Waals surface area (Å²) in [4.78, 5) is 4.43. The Balaban J connectivity index is 2.02. The molecule has 0 unspecified atom stereocenters. The van der Waals surface area contributed by atoms with Crippen LogP contribution in [-0.4, -0.2) is 4.98 Å². The van der Waals surface area contributed by atoms with Crippen LogP contribution >= 0.6 is 11.3 Å². The lowest BCUT2D eigenvalue weighted by molar-refractivity contribution is 0.509. The number of anilines is 1. The fourth-order valence-corrected chi connectivity index (χ4v) is 2.71. The van der Waals surface area contributed by atoms with Gasteiger partial charge in [0.2, 0.25) is 0 Å². The van der Waals surface area contributed by atoms with Gasteiger partial charge in [-0.25, -0.2) is 13.8 Å². The number of nitrogen functional groups attached to an aromatic ring is 1. The number of rotatable bonds is 2. The number of para-hydroxylation sites is 1. The van der Waals surface area contributed by atoms with Crippen molar-refractivity contribution in [2.45, 2.75) is 0 Å². The number of aromatic nitrogens is 1. The molecule has 0 aliphatic heterocycles. The maximum Gasteiger partial charge on any atom is 0.159 e. The van der Waals surface area contributed by atoms with E-state index >= 15 is 0 Å². The van der Waals surface area contributed by atoms with Crippen molar-refractivity contribution in [2.24, 2.45) is 0 Å². The zero-order chi connectivity index (χ0) is 14.1. The zero-order valence-corrected chi connectivity index (χ0v) is 11.1. The molecule has 2 aromatic carbocycles. The normalized spacial score (nSPS) is 10.7. The van der Waals surface area contributed by atoms with Crippen LogP contribution in [0.1, 0.15) is 0 Å². The lowest BCUT2D eigenvalue weighted by Gasteiger charge is -2.01. The number of benzene rings is 2. The van der Waals surface area contributed by atoms with E-state index in [1.165, 1.54) is 17.4 Å². The minimum Gasteiger partial charge on any atom is -0.398 e. The fraction of sp³-hybridized carbons (Fsp3) is 0. The van der Waals surface area contributed by atoms with Gasteiger partial charge in [-0.2, -0.15) is 0 Å². The minimum atomic E-state index is -0.876. The Morgan fingerprint density at radius 1 is 1.00 bits per heavy atom. The van der Waals surface area contributed by atoms with Gasteiger partial charge in [0, 0.05) is 22.2 Å². The summed E-state index contributed by atoms with van der Waals surface area (Å²) in [5, 5.41) is 2.48. The van der Waals surface area contributed by atoms with Crippen LogP contribution in [0.15, 0.2) is 47.8 Å². The second-order valence-electron chi connectivity index (χ2n) is 4.25. The van der Waals surface area contributed by atoms with E-state index in [1.54, 1.807) is 6.07 Å². The van der Waals surface area contributed by atoms with E-state index in [4.69, 9.17) is 5.73 Å². The van der Waals surface area contributed by atoms with Crippen molar-refractivity contribution in [3.8, 4) is 21.8 Å². The van der Waals surface area contributed by atoms with Crippen molar-refractivity contribution < 1.29 is 8.78 Å². The van der Waals surface area contributed by atoms with Gasteiger partial charge in [-0.05, 0) is 24.3 Å². The molecule has 100 valence electrons. The lowest BCUT2D eigenvalue weighted by atomic mass is 10.1. The predicted octanol–water partition coefficient (Wildman–Crippen LogP) is 4.34. The number of thiazole rings is 1. The first kappa shape index (κ1) is 12.7. The van der Waals surface area contributed by atoms with Gasteiger partial charge in [0.15, 0.2) is 11.6 Å². The summed E-state index contributed by atoms with van der Waals surface area (Å²) >= 11 is 1.36. The molecule has 0 saturated carbocycles. The molecule has 1 aromatic heterocycles. The number of hydrogen-bond acceptors (Lipinski definition) is 3. The molecule has 0 saturated heterocycles. The second-order valence-corrected chi connectivity index (χ2v) is 5.11. The molecule has 0 radical (unpaired) electrons. The van der Waals surface area contributed by atoms with E-state index < -0.39 is 11.6 Å². The third-order valence-electron chi connectivity index (χ3n) is 2.91. The monoisotopic (exact) mass is 288 g/mol. The highest BCUT2D eigenvalue weighted by molar-refractivity contribution is 7.13. The molecule has 5 heteroatoms. The van der Waals surface area contributed by atoms with Crippen LogP contribution in [0.25, 0.3) is 21.8 Å². The third-order valence-corrected chi connectivity index (χ3v) is 3.80. The molecule has 0 fully saturated rings. The summed E-state index contributed by atoms with van der Waals surface area (Å²) < 4.78 is 26.2. The Bertz CT molecular complexity index is 768. The molecule has 3 rings (SSSR count). The highest BCUT2D eigenvalue weighted by Gasteiger charge is 2.10. The van der Waals surface area contributed by atoms with Gasteiger partial charge in [-0.15, -0.1) is 11.3 Å². The summed E-state index contributed by atoms with van der Waals surface area (Å²) in [6.45, 7) is 0. The molecular weight excluding hydrogens is 278 g/mol. The molecule has 1 heterocycles. The SMILES string of the molecule is Nc1ccccc1-c1csc(-c2ccc(F)c(F)c2)n1. The standard InChI is InChI=1S/C15H10F2N2S/c16-11-6-5-9(7-12(11)17)15-19-14(8-20-15)10-3-1-2-4-13(10)18/h1-8H,18H2. The van der Waals surface area contributed by atoms with Gasteiger partial charge < -0.3 is 5.73 Å². The van der Waals surface area contributed by atoms with Gasteiger partial charge in [-0.1, -0.05) is 18.2 Å². The van der Waals surface area contributed by atoms with Crippen LogP contribution in [0, 0.1) is 11.6 Å². The van der Waals surface area contributed by atoms with E-state index in [1.807, 2.05) is 23.6 Å². The molecule has 0 aliphatic carbocycles. The van der Waals surface area contributed by atoms with E-state index in [-0.39, 0.29) is 0 Å². The van der Waals surface area contributed by atoms with Crippen LogP contribution in [0.3, 0.4) is 0 Å². The van der Waals surface area contributed by atoms with Crippen LogP contribution in [0.2, 0.25) is 0 Å². The fourth-order valence-electron chi connectivity index (χ4n) is 1.89. The second kappa shape index (κ2) is 5.02. The molecule has 3 aromatic rings. The Hall–Kier alpha value is -2.27. The van der Waals surface area contributed by atoms with Crippen LogP contribution in [0.5, 0.6) is 0 Å². The zero-order valence-electron chi connectivity index (χ0n) is 10.3. The minimum absolute atomic E-state index is 0.551. The summed E-state index contributed by atoms with van der Waals surface area (Å²) in [5.41, 5.74) is 8.64. The highest BCUT2D eigenvalue weighted by Crippen LogP contribution is 2.31.